The van der Waals surface area contributed by atoms with Crippen molar-refractivity contribution < 1.29 is 0 Å². The average Bonchev–Trinajstić information content (AvgIpc) is 3.41. The molecule has 0 bridgehead atoms. The van der Waals surface area contributed by atoms with Crippen LogP contribution in [-0.2, 0) is 0 Å². The molecule has 0 spiro atoms. The number of hydrogen-bond acceptors (Lipinski definition) is 8. The molecule has 0 atom stereocenters. The molecule has 3 heterocycles. The Kier molecular flexibility index (Phi) is 11.2. The van der Waals surface area contributed by atoms with Gasteiger partial charge in [-0.05, 0) is 53.8 Å². The van der Waals surface area contributed by atoms with Crippen LogP contribution in [0, 0.1) is 13.8 Å². The third-order valence-electron chi connectivity index (χ3n) is 11.8. The molecule has 0 saturated carbocycles. The Morgan fingerprint density at radius 1 is 0.206 bits per heavy atom. The Hall–Kier alpha value is -9.14. The summed E-state index contributed by atoms with van der Waals surface area (Å²) in [6, 6.07) is 73.8. The zero-order chi connectivity index (χ0) is 45.8. The van der Waals surface area contributed by atoms with E-state index in [0.717, 1.165) is 83.7 Å². The monoisotopic (exact) mass is 874 g/mol. The van der Waals surface area contributed by atoms with Crippen LogP contribution >= 0.6 is 0 Å². The standard InChI is InChI=1S/C60H42N8/c1-39-37-40(2)62-60(61-39)52-36-20-35-48(53(52)49-32-16-18-34-51(49)59-66-54(42-23-9-4-10-24-42)63-55(67-59)43-25-11-5-12-26-43)47-31-15-17-33-50(47)58-65-56(44-27-13-6-14-28-44)64-57(68-58)46-30-19-29-45(38-46)41-21-7-3-8-22-41/h3-38H,1-2H3. The van der Waals surface area contributed by atoms with Gasteiger partial charge in [0.25, 0.3) is 0 Å². The van der Waals surface area contributed by atoms with Gasteiger partial charge < -0.3 is 0 Å². The molecule has 8 aromatic carbocycles. The van der Waals surface area contributed by atoms with Gasteiger partial charge in [0.15, 0.2) is 40.8 Å². The van der Waals surface area contributed by atoms with Crippen molar-refractivity contribution in [3.8, 4) is 113 Å². The first-order chi connectivity index (χ1) is 33.5. The van der Waals surface area contributed by atoms with Crippen LogP contribution in [0.15, 0.2) is 218 Å². The lowest BCUT2D eigenvalue weighted by Crippen LogP contribution is -2.03. The lowest BCUT2D eigenvalue weighted by Gasteiger charge is -2.20. The van der Waals surface area contributed by atoms with Gasteiger partial charge in [0.05, 0.1) is 0 Å². The van der Waals surface area contributed by atoms with E-state index in [0.29, 0.717) is 40.8 Å². The van der Waals surface area contributed by atoms with Crippen molar-refractivity contribution in [3.63, 3.8) is 0 Å². The summed E-state index contributed by atoms with van der Waals surface area (Å²) in [7, 11) is 0. The smallest absolute Gasteiger partial charge is 0.164 e. The number of rotatable bonds is 10. The molecule has 8 heteroatoms. The fourth-order valence-corrected chi connectivity index (χ4v) is 8.65. The molecule has 0 fully saturated rings. The Morgan fingerprint density at radius 2 is 0.529 bits per heavy atom. The van der Waals surface area contributed by atoms with Crippen molar-refractivity contribution in [1.82, 2.24) is 39.9 Å². The second-order valence-corrected chi connectivity index (χ2v) is 16.5. The fraction of sp³-hybridized carbons (Fsp3) is 0.0333. The third kappa shape index (κ3) is 8.45. The van der Waals surface area contributed by atoms with Gasteiger partial charge in [-0.15, -0.1) is 0 Å². The summed E-state index contributed by atoms with van der Waals surface area (Å²) >= 11 is 0. The minimum absolute atomic E-state index is 0.538. The van der Waals surface area contributed by atoms with E-state index in [1.54, 1.807) is 0 Å². The van der Waals surface area contributed by atoms with Crippen LogP contribution in [0.2, 0.25) is 0 Å². The molecule has 0 radical (unpaired) electrons. The van der Waals surface area contributed by atoms with Crippen LogP contribution in [0.3, 0.4) is 0 Å². The van der Waals surface area contributed by atoms with E-state index in [4.69, 9.17) is 39.9 Å². The van der Waals surface area contributed by atoms with Crippen LogP contribution in [-0.4, -0.2) is 39.9 Å². The van der Waals surface area contributed by atoms with Crippen molar-refractivity contribution in [2.75, 3.05) is 0 Å². The van der Waals surface area contributed by atoms with Gasteiger partial charge in [0.1, 0.15) is 0 Å². The number of aryl methyl sites for hydroxylation is 2. The van der Waals surface area contributed by atoms with Gasteiger partial charge >= 0.3 is 0 Å². The lowest BCUT2D eigenvalue weighted by molar-refractivity contribution is 1.06. The second-order valence-electron chi connectivity index (χ2n) is 16.5. The summed E-state index contributed by atoms with van der Waals surface area (Å²) in [5.41, 5.74) is 13.7. The second kappa shape index (κ2) is 18.4. The van der Waals surface area contributed by atoms with Gasteiger partial charge in [-0.1, -0.05) is 206 Å². The van der Waals surface area contributed by atoms with Crippen LogP contribution in [0.4, 0.5) is 0 Å². The molecular formula is C60H42N8. The van der Waals surface area contributed by atoms with Crippen LogP contribution < -0.4 is 0 Å². The van der Waals surface area contributed by atoms with Gasteiger partial charge in [0, 0.05) is 55.9 Å². The van der Waals surface area contributed by atoms with E-state index in [1.807, 2.05) is 129 Å². The quantitative estimate of drug-likeness (QED) is 0.134. The van der Waals surface area contributed by atoms with Gasteiger partial charge in [0.2, 0.25) is 0 Å². The number of aromatic nitrogens is 8. The molecule has 0 N–H and O–H groups in total. The summed E-state index contributed by atoms with van der Waals surface area (Å²) < 4.78 is 0. The van der Waals surface area contributed by atoms with E-state index in [2.05, 4.69) is 103 Å². The molecule has 322 valence electrons. The van der Waals surface area contributed by atoms with E-state index in [1.165, 1.54) is 0 Å². The van der Waals surface area contributed by atoms with Crippen molar-refractivity contribution in [3.05, 3.63) is 230 Å². The van der Waals surface area contributed by atoms with Crippen molar-refractivity contribution in [2.24, 2.45) is 0 Å². The largest absolute Gasteiger partial charge is 0.233 e. The molecule has 0 amide bonds. The zero-order valence-corrected chi connectivity index (χ0v) is 37.4. The SMILES string of the molecule is Cc1cc(C)nc(-c2cccc(-c3ccccc3-c3nc(-c4ccccc4)nc(-c4cccc(-c5ccccc5)c4)n3)c2-c2ccccc2-c2nc(-c3ccccc3)nc(-c3ccccc3)n2)n1. The van der Waals surface area contributed by atoms with Crippen molar-refractivity contribution in [1.29, 1.82) is 0 Å². The van der Waals surface area contributed by atoms with Crippen LogP contribution in [0.1, 0.15) is 11.4 Å². The Balaban J connectivity index is 1.15. The Labute approximate surface area is 394 Å². The maximum absolute atomic E-state index is 5.29. The molecule has 0 unspecified atom stereocenters. The van der Waals surface area contributed by atoms with Gasteiger partial charge in [-0.2, -0.15) is 0 Å². The van der Waals surface area contributed by atoms with E-state index >= 15 is 0 Å². The highest BCUT2D eigenvalue weighted by atomic mass is 15.0. The van der Waals surface area contributed by atoms with E-state index in [-0.39, 0.29) is 0 Å². The molecule has 0 aliphatic rings. The summed E-state index contributed by atoms with van der Waals surface area (Å²) in [5.74, 6) is 4.00. The summed E-state index contributed by atoms with van der Waals surface area (Å²) in [5, 5.41) is 0. The minimum atomic E-state index is 0.538. The minimum Gasteiger partial charge on any atom is -0.233 e. The first-order valence-electron chi connectivity index (χ1n) is 22.5. The fourth-order valence-electron chi connectivity index (χ4n) is 8.65. The van der Waals surface area contributed by atoms with Crippen LogP contribution in [0.5, 0.6) is 0 Å². The maximum atomic E-state index is 5.29. The summed E-state index contributed by atoms with van der Waals surface area (Å²) in [6.45, 7) is 4.01. The molecular weight excluding hydrogens is 833 g/mol. The highest BCUT2D eigenvalue weighted by Crippen LogP contribution is 2.45. The number of benzene rings is 8. The zero-order valence-electron chi connectivity index (χ0n) is 37.4. The molecule has 11 rings (SSSR count). The molecule has 0 saturated heterocycles. The Morgan fingerprint density at radius 3 is 1.04 bits per heavy atom. The highest BCUT2D eigenvalue weighted by Gasteiger charge is 2.24. The highest BCUT2D eigenvalue weighted by molar-refractivity contribution is 6.00. The molecule has 3 aromatic heterocycles. The maximum Gasteiger partial charge on any atom is 0.164 e. The number of hydrogen-bond donors (Lipinski definition) is 0. The first kappa shape index (κ1) is 41.6. The van der Waals surface area contributed by atoms with Crippen molar-refractivity contribution in [2.45, 2.75) is 13.8 Å². The summed E-state index contributed by atoms with van der Waals surface area (Å²) in [6.07, 6.45) is 0. The normalized spacial score (nSPS) is 11.1. The third-order valence-corrected chi connectivity index (χ3v) is 11.8. The number of nitrogens with zero attached hydrogens (tertiary/aromatic N) is 8. The summed E-state index contributed by atoms with van der Waals surface area (Å²) in [4.78, 5) is 41.2. The van der Waals surface area contributed by atoms with E-state index < -0.39 is 0 Å². The molecule has 0 aliphatic heterocycles. The molecule has 11 aromatic rings. The van der Waals surface area contributed by atoms with Crippen LogP contribution in [0.25, 0.3) is 113 Å². The first-order valence-corrected chi connectivity index (χ1v) is 22.5. The van der Waals surface area contributed by atoms with Gasteiger partial charge in [-0.3, -0.25) is 0 Å². The lowest BCUT2D eigenvalue weighted by atomic mass is 9.86. The average molecular weight is 875 g/mol. The molecule has 8 nitrogen and oxygen atoms in total. The van der Waals surface area contributed by atoms with Crippen molar-refractivity contribution >= 4 is 0 Å². The van der Waals surface area contributed by atoms with E-state index in [9.17, 15) is 0 Å². The predicted octanol–water partition coefficient (Wildman–Crippen LogP) is 14.1. The Bertz CT molecular complexity index is 3500. The molecule has 68 heavy (non-hydrogen) atoms. The predicted molar refractivity (Wildman–Crippen MR) is 273 cm³/mol. The molecule has 0 aliphatic carbocycles. The topological polar surface area (TPSA) is 103 Å². The van der Waals surface area contributed by atoms with Gasteiger partial charge in [-0.25, -0.2) is 39.9 Å².